The quantitative estimate of drug-likeness (QED) is 0.199. The molecule has 0 bridgehead atoms. The number of hydrogen-bond donors (Lipinski definition) is 0. The molecule has 0 radical (unpaired) electrons. The SMILES string of the molecule is CCCCCCCCCCCCOC(=O)c1ccccc1C(=O)OCc1ccccc1OC. The van der Waals surface area contributed by atoms with Gasteiger partial charge in [-0.1, -0.05) is 95.0 Å². The van der Waals surface area contributed by atoms with Gasteiger partial charge in [-0.25, -0.2) is 9.59 Å². The third-order valence-corrected chi connectivity index (χ3v) is 5.65. The Kier molecular flexibility index (Phi) is 12.7. The molecular weight excluding hydrogens is 416 g/mol. The topological polar surface area (TPSA) is 61.8 Å². The van der Waals surface area contributed by atoms with Crippen LogP contribution in [0.3, 0.4) is 0 Å². The van der Waals surface area contributed by atoms with Gasteiger partial charge in [-0.15, -0.1) is 0 Å². The molecule has 0 atom stereocenters. The van der Waals surface area contributed by atoms with E-state index in [2.05, 4.69) is 6.92 Å². The number of unbranched alkanes of at least 4 members (excludes halogenated alkanes) is 9. The highest BCUT2D eigenvalue weighted by Crippen LogP contribution is 2.20. The molecule has 0 aromatic heterocycles. The fourth-order valence-electron chi connectivity index (χ4n) is 3.71. The predicted octanol–water partition coefficient (Wildman–Crippen LogP) is 7.13. The molecule has 0 saturated carbocycles. The van der Waals surface area contributed by atoms with Gasteiger partial charge in [0, 0.05) is 5.56 Å². The summed E-state index contributed by atoms with van der Waals surface area (Å²) >= 11 is 0. The molecule has 0 aliphatic rings. The minimum Gasteiger partial charge on any atom is -0.496 e. The van der Waals surface area contributed by atoms with Gasteiger partial charge in [0.15, 0.2) is 0 Å². The second kappa shape index (κ2) is 15.9. The third-order valence-electron chi connectivity index (χ3n) is 5.65. The van der Waals surface area contributed by atoms with E-state index in [4.69, 9.17) is 14.2 Å². The normalized spacial score (nSPS) is 10.6. The van der Waals surface area contributed by atoms with E-state index in [1.54, 1.807) is 31.4 Å². The lowest BCUT2D eigenvalue weighted by Crippen LogP contribution is -2.14. The maximum absolute atomic E-state index is 12.6. The van der Waals surface area contributed by atoms with Crippen molar-refractivity contribution >= 4 is 11.9 Å². The smallest absolute Gasteiger partial charge is 0.339 e. The van der Waals surface area contributed by atoms with Gasteiger partial charge in [0.1, 0.15) is 12.4 Å². The molecule has 0 heterocycles. The van der Waals surface area contributed by atoms with Crippen LogP contribution in [-0.2, 0) is 16.1 Å². The van der Waals surface area contributed by atoms with Crippen LogP contribution in [0.5, 0.6) is 5.75 Å². The maximum atomic E-state index is 12.6. The fraction of sp³-hybridized carbons (Fsp3) is 0.500. The fourth-order valence-corrected chi connectivity index (χ4v) is 3.71. The van der Waals surface area contributed by atoms with E-state index in [9.17, 15) is 9.59 Å². The zero-order chi connectivity index (χ0) is 23.7. The van der Waals surface area contributed by atoms with Gasteiger partial charge in [0.2, 0.25) is 0 Å². The highest BCUT2D eigenvalue weighted by atomic mass is 16.5. The van der Waals surface area contributed by atoms with Crippen LogP contribution in [0.15, 0.2) is 48.5 Å². The Hall–Kier alpha value is -2.82. The first-order valence-corrected chi connectivity index (χ1v) is 12.2. The number of para-hydroxylation sites is 1. The zero-order valence-corrected chi connectivity index (χ0v) is 20.1. The Morgan fingerprint density at radius 1 is 0.667 bits per heavy atom. The van der Waals surface area contributed by atoms with Crippen LogP contribution in [0.1, 0.15) is 97.4 Å². The Morgan fingerprint density at radius 3 is 1.79 bits per heavy atom. The summed E-state index contributed by atoms with van der Waals surface area (Å²) in [5, 5.41) is 0. The van der Waals surface area contributed by atoms with Crippen LogP contribution < -0.4 is 4.74 Å². The van der Waals surface area contributed by atoms with E-state index < -0.39 is 11.9 Å². The van der Waals surface area contributed by atoms with Crippen molar-refractivity contribution in [3.63, 3.8) is 0 Å². The van der Waals surface area contributed by atoms with Crippen molar-refractivity contribution in [3.05, 3.63) is 65.2 Å². The number of methoxy groups -OCH3 is 1. The van der Waals surface area contributed by atoms with E-state index in [1.807, 2.05) is 24.3 Å². The molecule has 0 N–H and O–H groups in total. The lowest BCUT2D eigenvalue weighted by atomic mass is 10.1. The first kappa shape index (κ1) is 26.4. The summed E-state index contributed by atoms with van der Waals surface area (Å²) in [5.74, 6) is -0.405. The Morgan fingerprint density at radius 2 is 1.18 bits per heavy atom. The van der Waals surface area contributed by atoms with Crippen LogP contribution in [0, 0.1) is 0 Å². The highest BCUT2D eigenvalue weighted by molar-refractivity contribution is 6.03. The molecule has 0 spiro atoms. The summed E-state index contributed by atoms with van der Waals surface area (Å²) in [6.07, 6.45) is 12.2. The van der Waals surface area contributed by atoms with Crippen LogP contribution >= 0.6 is 0 Å². The lowest BCUT2D eigenvalue weighted by Gasteiger charge is -2.11. The molecule has 0 aliphatic carbocycles. The number of ether oxygens (including phenoxy) is 3. The summed E-state index contributed by atoms with van der Waals surface area (Å²) in [6, 6.07) is 13.9. The van der Waals surface area contributed by atoms with E-state index >= 15 is 0 Å². The highest BCUT2D eigenvalue weighted by Gasteiger charge is 2.19. The molecule has 2 aromatic carbocycles. The molecule has 0 amide bonds. The number of rotatable bonds is 16. The summed E-state index contributed by atoms with van der Waals surface area (Å²) in [6.45, 7) is 2.66. The molecule has 0 saturated heterocycles. The van der Waals surface area contributed by atoms with Crippen molar-refractivity contribution in [1.29, 1.82) is 0 Å². The van der Waals surface area contributed by atoms with Crippen molar-refractivity contribution in [3.8, 4) is 5.75 Å². The molecule has 0 fully saturated rings. The van der Waals surface area contributed by atoms with Crippen molar-refractivity contribution in [1.82, 2.24) is 0 Å². The number of carbonyl (C=O) groups excluding carboxylic acids is 2. The molecule has 33 heavy (non-hydrogen) atoms. The zero-order valence-electron chi connectivity index (χ0n) is 20.1. The van der Waals surface area contributed by atoms with Crippen molar-refractivity contribution in [2.24, 2.45) is 0 Å². The van der Waals surface area contributed by atoms with Gasteiger partial charge in [0.25, 0.3) is 0 Å². The van der Waals surface area contributed by atoms with E-state index in [1.165, 1.54) is 44.9 Å². The molecule has 180 valence electrons. The first-order valence-electron chi connectivity index (χ1n) is 12.2. The van der Waals surface area contributed by atoms with Gasteiger partial charge in [-0.05, 0) is 24.6 Å². The average molecular weight is 455 g/mol. The summed E-state index contributed by atoms with van der Waals surface area (Å²) in [5.41, 5.74) is 1.20. The van der Waals surface area contributed by atoms with Gasteiger partial charge >= 0.3 is 11.9 Å². The monoisotopic (exact) mass is 454 g/mol. The second-order valence-electron chi connectivity index (χ2n) is 8.25. The first-order chi connectivity index (χ1) is 16.2. The van der Waals surface area contributed by atoms with Gasteiger partial charge in [-0.2, -0.15) is 0 Å². The number of esters is 2. The predicted molar refractivity (Wildman–Crippen MR) is 131 cm³/mol. The number of carbonyl (C=O) groups is 2. The Balaban J connectivity index is 1.73. The number of hydrogen-bond acceptors (Lipinski definition) is 5. The lowest BCUT2D eigenvalue weighted by molar-refractivity contribution is 0.0434. The van der Waals surface area contributed by atoms with Crippen LogP contribution in [0.25, 0.3) is 0 Å². The summed E-state index contributed by atoms with van der Waals surface area (Å²) in [7, 11) is 1.57. The minimum atomic E-state index is -0.563. The van der Waals surface area contributed by atoms with Crippen molar-refractivity contribution < 1.29 is 23.8 Å². The van der Waals surface area contributed by atoms with E-state index in [-0.39, 0.29) is 17.7 Å². The van der Waals surface area contributed by atoms with Crippen molar-refractivity contribution in [2.45, 2.75) is 77.7 Å². The molecule has 5 nitrogen and oxygen atoms in total. The summed E-state index contributed by atoms with van der Waals surface area (Å²) in [4.78, 5) is 25.2. The van der Waals surface area contributed by atoms with Crippen molar-refractivity contribution in [2.75, 3.05) is 13.7 Å². The molecule has 2 rings (SSSR count). The van der Waals surface area contributed by atoms with Gasteiger partial charge in [-0.3, -0.25) is 0 Å². The maximum Gasteiger partial charge on any atom is 0.339 e. The molecule has 0 unspecified atom stereocenters. The second-order valence-corrected chi connectivity index (χ2v) is 8.25. The Bertz CT molecular complexity index is 846. The average Bonchev–Trinajstić information content (AvgIpc) is 2.85. The summed E-state index contributed by atoms with van der Waals surface area (Å²) < 4.78 is 16.1. The van der Waals surface area contributed by atoms with Gasteiger partial charge < -0.3 is 14.2 Å². The van der Waals surface area contributed by atoms with Crippen LogP contribution in [0.2, 0.25) is 0 Å². The third kappa shape index (κ3) is 9.68. The van der Waals surface area contributed by atoms with Crippen LogP contribution in [-0.4, -0.2) is 25.7 Å². The molecule has 2 aromatic rings. The number of benzene rings is 2. The standard InChI is InChI=1S/C28H38O5/c1-3-4-5-6-7-8-9-10-11-16-21-32-27(29)24-18-13-14-19-25(24)28(30)33-22-23-17-12-15-20-26(23)31-2/h12-15,17-20H,3-11,16,21-22H2,1-2H3. The minimum absolute atomic E-state index is 0.0603. The Labute approximate surface area is 198 Å². The van der Waals surface area contributed by atoms with Crippen LogP contribution in [0.4, 0.5) is 0 Å². The van der Waals surface area contributed by atoms with E-state index in [0.29, 0.717) is 12.4 Å². The van der Waals surface area contributed by atoms with E-state index in [0.717, 1.165) is 24.8 Å². The molecule has 5 heteroatoms. The molecular formula is C28H38O5. The van der Waals surface area contributed by atoms with Gasteiger partial charge in [0.05, 0.1) is 24.8 Å². The molecule has 0 aliphatic heterocycles. The largest absolute Gasteiger partial charge is 0.496 e.